The molecule has 2 N–H and O–H groups in total. The van der Waals surface area contributed by atoms with Gasteiger partial charge in [0.25, 0.3) is 0 Å². The zero-order valence-corrected chi connectivity index (χ0v) is 23.7. The molecule has 0 aliphatic heterocycles. The molecule has 14 heteroatoms. The summed E-state index contributed by atoms with van der Waals surface area (Å²) in [4.78, 5) is 24.3. The molecule has 0 spiro atoms. The molecule has 0 aliphatic rings. The molecule has 0 bridgehead atoms. The van der Waals surface area contributed by atoms with Gasteiger partial charge in [-0.15, -0.1) is 0 Å². The van der Waals surface area contributed by atoms with Crippen LogP contribution < -0.4 is 20.2 Å². The van der Waals surface area contributed by atoms with Gasteiger partial charge in [0.15, 0.2) is 11.5 Å². The van der Waals surface area contributed by atoms with Gasteiger partial charge in [-0.05, 0) is 70.9 Å². The Morgan fingerprint density at radius 2 is 1.69 bits per heavy atom. The number of ether oxygens (including phenoxy) is 2. The van der Waals surface area contributed by atoms with E-state index >= 15 is 0 Å². The van der Waals surface area contributed by atoms with E-state index < -0.39 is 23.6 Å². The van der Waals surface area contributed by atoms with Crippen molar-refractivity contribution in [2.45, 2.75) is 19.7 Å². The van der Waals surface area contributed by atoms with Crippen molar-refractivity contribution in [3.63, 3.8) is 0 Å². The number of hydrogen-bond donors (Lipinski definition) is 2. The molecule has 0 saturated heterocycles. The van der Waals surface area contributed by atoms with E-state index in [4.69, 9.17) is 44.3 Å². The zero-order valence-electron chi connectivity index (χ0n) is 19.8. The lowest BCUT2D eigenvalue weighted by atomic mass is 10.2. The number of hydrazone groups is 1. The van der Waals surface area contributed by atoms with Gasteiger partial charge in [0.05, 0.1) is 33.6 Å². The first kappa shape index (κ1) is 30.6. The Balaban J connectivity index is 1.69. The maximum atomic E-state index is 12.9. The van der Waals surface area contributed by atoms with Crippen LogP contribution in [0.2, 0.25) is 15.1 Å². The maximum absolute atomic E-state index is 12.9. The van der Waals surface area contributed by atoms with E-state index in [9.17, 15) is 22.8 Å². The Morgan fingerprint density at radius 3 is 2.33 bits per heavy atom. The number of halogens is 7. The molecule has 0 atom stereocenters. The summed E-state index contributed by atoms with van der Waals surface area (Å²) in [5.74, 6) is -1.79. The molecule has 0 aromatic heterocycles. The predicted octanol–water partition coefficient (Wildman–Crippen LogP) is 7.49. The highest BCUT2D eigenvalue weighted by Crippen LogP contribution is 2.38. The molecule has 206 valence electrons. The van der Waals surface area contributed by atoms with Crippen molar-refractivity contribution in [3.8, 4) is 11.5 Å². The highest BCUT2D eigenvalue weighted by molar-refractivity contribution is 9.10. The number of anilines is 1. The van der Waals surface area contributed by atoms with Crippen molar-refractivity contribution in [3.05, 3.63) is 84.8 Å². The predicted molar refractivity (Wildman–Crippen MR) is 147 cm³/mol. The summed E-state index contributed by atoms with van der Waals surface area (Å²) in [7, 11) is 0. The molecule has 0 saturated carbocycles. The Bertz CT molecular complexity index is 1400. The fourth-order valence-electron chi connectivity index (χ4n) is 3.07. The lowest BCUT2D eigenvalue weighted by Gasteiger charge is -2.15. The fraction of sp³-hybridized carbons (Fsp3) is 0.160. The third kappa shape index (κ3) is 8.25. The Morgan fingerprint density at radius 1 is 1.00 bits per heavy atom. The molecule has 7 nitrogen and oxygen atoms in total. The standard InChI is InChI=1S/C25H18BrCl3F3N3O4/c1-2-38-21-9-13(8-16(26)22(21)39-12-15-17(27)4-3-5-18(15)28)11-33-35-24(37)23(36)34-20-10-14(25(30,31)32)6-7-19(20)29/h3-11H,2,12H2,1H3,(H,34,36)(H,35,37). The average Bonchev–Trinajstić information content (AvgIpc) is 2.85. The van der Waals surface area contributed by atoms with Gasteiger partial charge in [0, 0.05) is 15.6 Å². The van der Waals surface area contributed by atoms with Crippen LogP contribution >= 0.6 is 50.7 Å². The Kier molecular flexibility index (Phi) is 10.5. The maximum Gasteiger partial charge on any atom is 0.416 e. The van der Waals surface area contributed by atoms with E-state index in [1.165, 1.54) is 6.21 Å². The van der Waals surface area contributed by atoms with Crippen LogP contribution in [0.3, 0.4) is 0 Å². The van der Waals surface area contributed by atoms with Gasteiger partial charge in [-0.3, -0.25) is 9.59 Å². The Hall–Kier alpha value is -2.99. The highest BCUT2D eigenvalue weighted by Gasteiger charge is 2.31. The van der Waals surface area contributed by atoms with E-state index in [1.54, 1.807) is 37.3 Å². The SMILES string of the molecule is CCOc1cc(C=NNC(=O)C(=O)Nc2cc(C(F)(F)F)ccc2Cl)cc(Br)c1OCc1c(Cl)cccc1Cl. The number of nitrogens with one attached hydrogen (secondary N) is 2. The van der Waals surface area contributed by atoms with E-state index in [-0.39, 0.29) is 17.3 Å². The van der Waals surface area contributed by atoms with Gasteiger partial charge in [-0.25, -0.2) is 5.43 Å². The van der Waals surface area contributed by atoms with Gasteiger partial charge < -0.3 is 14.8 Å². The number of rotatable bonds is 8. The number of carbonyl (C=O) groups is 2. The molecule has 0 radical (unpaired) electrons. The van der Waals surface area contributed by atoms with Crippen LogP contribution in [0.4, 0.5) is 18.9 Å². The number of alkyl halides is 3. The van der Waals surface area contributed by atoms with Gasteiger partial charge in [-0.2, -0.15) is 18.3 Å². The molecule has 0 unspecified atom stereocenters. The number of hydrogen-bond acceptors (Lipinski definition) is 5. The van der Waals surface area contributed by atoms with Crippen molar-refractivity contribution < 1.29 is 32.2 Å². The molecule has 0 aliphatic carbocycles. The van der Waals surface area contributed by atoms with Crippen molar-refractivity contribution in [2.75, 3.05) is 11.9 Å². The number of benzene rings is 3. The molecule has 3 rings (SSSR count). The van der Waals surface area contributed by atoms with Crippen LogP contribution in [0.25, 0.3) is 0 Å². The van der Waals surface area contributed by atoms with Crippen molar-refractivity contribution in [1.82, 2.24) is 5.43 Å². The monoisotopic (exact) mass is 665 g/mol. The minimum absolute atomic E-state index is 0.0612. The summed E-state index contributed by atoms with van der Waals surface area (Å²) in [5, 5.41) is 6.45. The van der Waals surface area contributed by atoms with Crippen LogP contribution in [0.15, 0.2) is 58.1 Å². The summed E-state index contributed by atoms with van der Waals surface area (Å²) in [6.45, 7) is 2.15. The summed E-state index contributed by atoms with van der Waals surface area (Å²) in [6, 6.07) is 10.6. The van der Waals surface area contributed by atoms with Gasteiger partial charge in [-0.1, -0.05) is 40.9 Å². The second-order valence-corrected chi connectivity index (χ2v) is 9.67. The minimum atomic E-state index is -4.66. The van der Waals surface area contributed by atoms with Crippen LogP contribution in [0.1, 0.15) is 23.6 Å². The summed E-state index contributed by atoms with van der Waals surface area (Å²) >= 11 is 21.7. The average molecular weight is 668 g/mol. The molecule has 3 aromatic rings. The molecule has 2 amide bonds. The van der Waals surface area contributed by atoms with Gasteiger partial charge >= 0.3 is 18.0 Å². The number of carbonyl (C=O) groups excluding carboxylic acids is 2. The van der Waals surface area contributed by atoms with Gasteiger partial charge in [0.1, 0.15) is 6.61 Å². The van der Waals surface area contributed by atoms with Crippen LogP contribution in [-0.2, 0) is 22.4 Å². The summed E-state index contributed by atoms with van der Waals surface area (Å²) in [6.07, 6.45) is -3.43. The number of amides is 2. The van der Waals surface area contributed by atoms with Crippen LogP contribution in [0, 0.1) is 0 Å². The smallest absolute Gasteiger partial charge is 0.416 e. The van der Waals surface area contributed by atoms with E-state index in [0.717, 1.165) is 12.1 Å². The summed E-state index contributed by atoms with van der Waals surface area (Å²) < 4.78 is 50.8. The Labute approximate surface area is 244 Å². The van der Waals surface area contributed by atoms with Crippen LogP contribution in [-0.4, -0.2) is 24.6 Å². The van der Waals surface area contributed by atoms with E-state index in [2.05, 4.69) is 21.0 Å². The topological polar surface area (TPSA) is 89.0 Å². The van der Waals surface area contributed by atoms with E-state index in [0.29, 0.717) is 49.8 Å². The zero-order chi connectivity index (χ0) is 28.7. The van der Waals surface area contributed by atoms with Crippen molar-refractivity contribution >= 4 is 74.4 Å². The fourth-order valence-corrected chi connectivity index (χ4v) is 4.32. The first-order valence-corrected chi connectivity index (χ1v) is 12.9. The normalized spacial score (nSPS) is 11.4. The molecular weight excluding hydrogens is 650 g/mol. The molecule has 3 aromatic carbocycles. The second kappa shape index (κ2) is 13.4. The first-order valence-electron chi connectivity index (χ1n) is 10.9. The highest BCUT2D eigenvalue weighted by atomic mass is 79.9. The van der Waals surface area contributed by atoms with E-state index in [1.807, 2.05) is 10.7 Å². The number of nitrogens with zero attached hydrogens (tertiary/aromatic N) is 1. The lowest BCUT2D eigenvalue weighted by Crippen LogP contribution is -2.32. The third-order valence-electron chi connectivity index (χ3n) is 4.88. The summed E-state index contributed by atoms with van der Waals surface area (Å²) in [5.41, 5.74) is 1.62. The largest absolute Gasteiger partial charge is 0.490 e. The molecular formula is C25H18BrCl3F3N3O4. The van der Waals surface area contributed by atoms with Crippen molar-refractivity contribution in [2.24, 2.45) is 5.10 Å². The molecule has 0 heterocycles. The van der Waals surface area contributed by atoms with Crippen LogP contribution in [0.5, 0.6) is 11.5 Å². The second-order valence-electron chi connectivity index (χ2n) is 7.60. The molecule has 39 heavy (non-hydrogen) atoms. The quantitative estimate of drug-likeness (QED) is 0.148. The minimum Gasteiger partial charge on any atom is -0.490 e. The van der Waals surface area contributed by atoms with Gasteiger partial charge in [0.2, 0.25) is 0 Å². The van der Waals surface area contributed by atoms with Crippen molar-refractivity contribution in [1.29, 1.82) is 0 Å². The first-order chi connectivity index (χ1) is 18.4. The molecule has 0 fully saturated rings. The third-order valence-corrected chi connectivity index (χ3v) is 6.51. The lowest BCUT2D eigenvalue weighted by molar-refractivity contribution is -0.137.